The van der Waals surface area contributed by atoms with Crippen LogP contribution in [0.4, 0.5) is 5.69 Å². The van der Waals surface area contributed by atoms with Crippen LogP contribution in [0.5, 0.6) is 5.75 Å². The van der Waals surface area contributed by atoms with Crippen molar-refractivity contribution in [3.63, 3.8) is 0 Å². The highest BCUT2D eigenvalue weighted by molar-refractivity contribution is 6.39. The molecule has 2 amide bonds. The van der Waals surface area contributed by atoms with E-state index in [2.05, 4.69) is 19.2 Å². The van der Waals surface area contributed by atoms with E-state index in [1.54, 1.807) is 36.3 Å². The summed E-state index contributed by atoms with van der Waals surface area (Å²) in [4.78, 5) is 26.0. The van der Waals surface area contributed by atoms with Crippen LogP contribution in [0.2, 0.25) is 0 Å². The molecule has 1 aromatic rings. The lowest BCUT2D eigenvalue weighted by Crippen LogP contribution is -2.40. The SMILES string of the molecule is CCCCN(CCCC)C(=O)C(=O)Nc1ccc(OC)cc1. The van der Waals surface area contributed by atoms with Crippen LogP contribution in [-0.4, -0.2) is 36.9 Å². The molecule has 0 saturated heterocycles. The monoisotopic (exact) mass is 306 g/mol. The second-order valence-corrected chi connectivity index (χ2v) is 5.18. The highest BCUT2D eigenvalue weighted by Crippen LogP contribution is 2.15. The van der Waals surface area contributed by atoms with Gasteiger partial charge in [-0.1, -0.05) is 26.7 Å². The summed E-state index contributed by atoms with van der Waals surface area (Å²) in [7, 11) is 1.58. The first-order valence-corrected chi connectivity index (χ1v) is 7.86. The lowest BCUT2D eigenvalue weighted by atomic mass is 10.2. The van der Waals surface area contributed by atoms with Crippen molar-refractivity contribution < 1.29 is 14.3 Å². The fraction of sp³-hybridized carbons (Fsp3) is 0.529. The summed E-state index contributed by atoms with van der Waals surface area (Å²) in [5.74, 6) is -0.341. The van der Waals surface area contributed by atoms with Gasteiger partial charge < -0.3 is 15.0 Å². The Morgan fingerprint density at radius 3 is 2.05 bits per heavy atom. The summed E-state index contributed by atoms with van der Waals surface area (Å²) in [6, 6.07) is 6.91. The zero-order chi connectivity index (χ0) is 16.4. The highest BCUT2D eigenvalue weighted by Gasteiger charge is 2.21. The first-order chi connectivity index (χ1) is 10.6. The second kappa shape index (κ2) is 9.82. The van der Waals surface area contributed by atoms with Crippen LogP contribution in [0.3, 0.4) is 0 Å². The average molecular weight is 306 g/mol. The number of carbonyl (C=O) groups excluding carboxylic acids is 2. The van der Waals surface area contributed by atoms with Gasteiger partial charge in [-0.25, -0.2) is 0 Å². The third-order valence-corrected chi connectivity index (χ3v) is 3.39. The lowest BCUT2D eigenvalue weighted by Gasteiger charge is -2.21. The van der Waals surface area contributed by atoms with E-state index in [4.69, 9.17) is 4.74 Å². The number of carbonyl (C=O) groups is 2. The minimum absolute atomic E-state index is 0.460. The van der Waals surface area contributed by atoms with E-state index < -0.39 is 11.8 Å². The van der Waals surface area contributed by atoms with Crippen LogP contribution >= 0.6 is 0 Å². The summed E-state index contributed by atoms with van der Waals surface area (Å²) >= 11 is 0. The molecular weight excluding hydrogens is 280 g/mol. The quantitative estimate of drug-likeness (QED) is 0.751. The van der Waals surface area contributed by atoms with Crippen LogP contribution in [0.15, 0.2) is 24.3 Å². The predicted molar refractivity (Wildman–Crippen MR) is 88.0 cm³/mol. The molecule has 0 heterocycles. The van der Waals surface area contributed by atoms with Crippen molar-refractivity contribution in [2.24, 2.45) is 0 Å². The average Bonchev–Trinajstić information content (AvgIpc) is 2.55. The molecule has 0 bridgehead atoms. The number of hydrogen-bond donors (Lipinski definition) is 1. The van der Waals surface area contributed by atoms with Crippen molar-refractivity contribution in [2.75, 3.05) is 25.5 Å². The molecule has 0 atom stereocenters. The van der Waals surface area contributed by atoms with Crippen LogP contribution < -0.4 is 10.1 Å². The first-order valence-electron chi connectivity index (χ1n) is 7.86. The fourth-order valence-corrected chi connectivity index (χ4v) is 2.02. The molecular formula is C17H26N2O3. The fourth-order valence-electron chi connectivity index (χ4n) is 2.02. The summed E-state index contributed by atoms with van der Waals surface area (Å²) in [6.45, 7) is 5.40. The van der Waals surface area contributed by atoms with Crippen LogP contribution in [0.25, 0.3) is 0 Å². The third kappa shape index (κ3) is 5.76. The molecule has 0 spiro atoms. The van der Waals surface area contributed by atoms with Gasteiger partial charge in [0, 0.05) is 18.8 Å². The van der Waals surface area contributed by atoms with Gasteiger partial charge in [-0.2, -0.15) is 0 Å². The van der Waals surface area contributed by atoms with Gasteiger partial charge in [-0.15, -0.1) is 0 Å². The van der Waals surface area contributed by atoms with E-state index in [1.807, 2.05) is 0 Å². The molecule has 1 aromatic carbocycles. The Labute approximate surface area is 132 Å². The number of nitrogens with one attached hydrogen (secondary N) is 1. The molecule has 5 heteroatoms. The van der Waals surface area contributed by atoms with Crippen molar-refractivity contribution >= 4 is 17.5 Å². The van der Waals surface area contributed by atoms with Gasteiger partial charge in [-0.3, -0.25) is 9.59 Å². The van der Waals surface area contributed by atoms with Crippen molar-refractivity contribution in [1.29, 1.82) is 0 Å². The number of hydrogen-bond acceptors (Lipinski definition) is 3. The number of nitrogens with zero attached hydrogens (tertiary/aromatic N) is 1. The maximum absolute atomic E-state index is 12.3. The Balaban J connectivity index is 2.64. The zero-order valence-electron chi connectivity index (χ0n) is 13.7. The standard InChI is InChI=1S/C17H26N2O3/c1-4-6-12-19(13-7-5-2)17(21)16(20)18-14-8-10-15(22-3)11-9-14/h8-11H,4-7,12-13H2,1-3H3,(H,18,20). The van der Waals surface area contributed by atoms with Gasteiger partial charge in [0.25, 0.3) is 0 Å². The number of benzene rings is 1. The molecule has 0 fully saturated rings. The molecule has 0 radical (unpaired) electrons. The van der Waals surface area contributed by atoms with Crippen LogP contribution in [0, 0.1) is 0 Å². The molecule has 1 rings (SSSR count). The van der Waals surface area contributed by atoms with E-state index in [0.717, 1.165) is 25.7 Å². The normalized spacial score (nSPS) is 10.1. The molecule has 0 saturated carbocycles. The van der Waals surface area contributed by atoms with Gasteiger partial charge in [0.15, 0.2) is 0 Å². The summed E-state index contributed by atoms with van der Waals surface area (Å²) in [5, 5.41) is 2.64. The maximum atomic E-state index is 12.3. The molecule has 1 N–H and O–H groups in total. The van der Waals surface area contributed by atoms with Crippen molar-refractivity contribution in [3.8, 4) is 5.75 Å². The number of unbranched alkanes of at least 4 members (excludes halogenated alkanes) is 2. The van der Waals surface area contributed by atoms with Gasteiger partial charge in [0.05, 0.1) is 7.11 Å². The molecule has 122 valence electrons. The number of amides is 2. The zero-order valence-corrected chi connectivity index (χ0v) is 13.7. The topological polar surface area (TPSA) is 58.6 Å². The summed E-state index contributed by atoms with van der Waals surface area (Å²) in [5.41, 5.74) is 0.588. The first kappa shape index (κ1) is 18.0. The second-order valence-electron chi connectivity index (χ2n) is 5.18. The Kier molecular flexibility index (Phi) is 8.04. The van der Waals surface area contributed by atoms with Gasteiger partial charge in [-0.05, 0) is 37.1 Å². The molecule has 0 aliphatic carbocycles. The largest absolute Gasteiger partial charge is 0.497 e. The Bertz CT molecular complexity index is 463. The Morgan fingerprint density at radius 2 is 1.59 bits per heavy atom. The number of ether oxygens (including phenoxy) is 1. The molecule has 0 aliphatic rings. The minimum Gasteiger partial charge on any atom is -0.497 e. The maximum Gasteiger partial charge on any atom is 0.313 e. The molecule has 5 nitrogen and oxygen atoms in total. The smallest absolute Gasteiger partial charge is 0.313 e. The molecule has 0 aliphatic heterocycles. The molecule has 0 aromatic heterocycles. The number of methoxy groups -OCH3 is 1. The molecule has 22 heavy (non-hydrogen) atoms. The van der Waals surface area contributed by atoms with Crippen molar-refractivity contribution in [1.82, 2.24) is 4.90 Å². The van der Waals surface area contributed by atoms with E-state index in [-0.39, 0.29) is 0 Å². The van der Waals surface area contributed by atoms with Crippen LogP contribution in [0.1, 0.15) is 39.5 Å². The predicted octanol–water partition coefficient (Wildman–Crippen LogP) is 3.06. The third-order valence-electron chi connectivity index (χ3n) is 3.39. The van der Waals surface area contributed by atoms with E-state index in [0.29, 0.717) is 24.5 Å². The van der Waals surface area contributed by atoms with E-state index >= 15 is 0 Å². The van der Waals surface area contributed by atoms with Crippen molar-refractivity contribution in [3.05, 3.63) is 24.3 Å². The number of rotatable bonds is 8. The Hall–Kier alpha value is -2.04. The van der Waals surface area contributed by atoms with Crippen molar-refractivity contribution in [2.45, 2.75) is 39.5 Å². The van der Waals surface area contributed by atoms with Crippen LogP contribution in [-0.2, 0) is 9.59 Å². The highest BCUT2D eigenvalue weighted by atomic mass is 16.5. The lowest BCUT2D eigenvalue weighted by molar-refractivity contribution is -0.143. The minimum atomic E-state index is -0.586. The summed E-state index contributed by atoms with van der Waals surface area (Å²) in [6.07, 6.45) is 3.81. The summed E-state index contributed by atoms with van der Waals surface area (Å²) < 4.78 is 5.06. The van der Waals surface area contributed by atoms with E-state index in [1.165, 1.54) is 0 Å². The van der Waals surface area contributed by atoms with E-state index in [9.17, 15) is 9.59 Å². The number of anilines is 1. The molecule has 0 unspecified atom stereocenters. The van der Waals surface area contributed by atoms with Gasteiger partial charge in [0.2, 0.25) is 0 Å². The Morgan fingerprint density at radius 1 is 1.05 bits per heavy atom. The van der Waals surface area contributed by atoms with Gasteiger partial charge >= 0.3 is 11.8 Å². The van der Waals surface area contributed by atoms with Gasteiger partial charge in [0.1, 0.15) is 5.75 Å².